The van der Waals surface area contributed by atoms with Crippen LogP contribution >= 0.6 is 0 Å². The standard InChI is InChI=1S/C11H22F3NO/c1-7(2)15(8(3)4)9(5)10(6,16)11(12,13)14/h7-9,16H,1-6H3. The molecule has 0 aromatic heterocycles. The topological polar surface area (TPSA) is 23.5 Å². The minimum absolute atomic E-state index is 0.0520. The highest BCUT2D eigenvalue weighted by Crippen LogP contribution is 2.35. The van der Waals surface area contributed by atoms with Crippen LogP contribution in [0.5, 0.6) is 0 Å². The SMILES string of the molecule is CC(C)N(C(C)C)C(C)C(C)(O)C(F)(F)F. The molecule has 2 nitrogen and oxygen atoms in total. The molecule has 0 heterocycles. The summed E-state index contributed by atoms with van der Waals surface area (Å²) in [4.78, 5) is 1.66. The van der Waals surface area contributed by atoms with Crippen LogP contribution in [0.1, 0.15) is 41.5 Å². The van der Waals surface area contributed by atoms with Crippen LogP contribution in [0.15, 0.2) is 0 Å². The van der Waals surface area contributed by atoms with E-state index in [1.165, 1.54) is 6.92 Å². The number of rotatable bonds is 4. The van der Waals surface area contributed by atoms with E-state index in [2.05, 4.69) is 0 Å². The normalized spacial score (nSPS) is 19.3. The molecule has 0 spiro atoms. The van der Waals surface area contributed by atoms with Gasteiger partial charge < -0.3 is 5.11 Å². The van der Waals surface area contributed by atoms with Gasteiger partial charge in [-0.25, -0.2) is 0 Å². The van der Waals surface area contributed by atoms with Gasteiger partial charge in [-0.3, -0.25) is 4.90 Å². The van der Waals surface area contributed by atoms with E-state index < -0.39 is 17.8 Å². The van der Waals surface area contributed by atoms with E-state index in [4.69, 9.17) is 0 Å². The van der Waals surface area contributed by atoms with E-state index >= 15 is 0 Å². The van der Waals surface area contributed by atoms with Gasteiger partial charge in [-0.05, 0) is 41.5 Å². The second-order valence-electron chi connectivity index (χ2n) is 4.96. The Hall–Kier alpha value is -0.290. The van der Waals surface area contributed by atoms with Gasteiger partial charge in [0.1, 0.15) is 0 Å². The summed E-state index contributed by atoms with van der Waals surface area (Å²) in [6, 6.07) is -1.08. The van der Waals surface area contributed by atoms with Gasteiger partial charge in [0.15, 0.2) is 5.60 Å². The van der Waals surface area contributed by atoms with Crippen molar-refractivity contribution < 1.29 is 18.3 Å². The molecule has 0 saturated heterocycles. The minimum atomic E-state index is -4.62. The lowest BCUT2D eigenvalue weighted by atomic mass is 9.93. The Morgan fingerprint density at radius 2 is 1.25 bits per heavy atom. The van der Waals surface area contributed by atoms with Crippen molar-refractivity contribution in [3.05, 3.63) is 0 Å². The first kappa shape index (κ1) is 15.7. The predicted octanol–water partition coefficient (Wildman–Crippen LogP) is 2.81. The summed E-state index contributed by atoms with van der Waals surface area (Å²) in [5, 5.41) is 9.62. The van der Waals surface area contributed by atoms with E-state index in [-0.39, 0.29) is 12.1 Å². The first-order chi connectivity index (χ1) is 6.93. The van der Waals surface area contributed by atoms with E-state index in [1.54, 1.807) is 4.90 Å². The van der Waals surface area contributed by atoms with E-state index in [9.17, 15) is 18.3 Å². The molecule has 0 aromatic carbocycles. The first-order valence-corrected chi connectivity index (χ1v) is 5.49. The molecule has 5 heteroatoms. The van der Waals surface area contributed by atoms with Crippen molar-refractivity contribution in [3.8, 4) is 0 Å². The number of hydrogen-bond donors (Lipinski definition) is 1. The predicted molar refractivity (Wildman–Crippen MR) is 58.3 cm³/mol. The Balaban J connectivity index is 5.08. The average Bonchev–Trinajstić information content (AvgIpc) is 1.99. The van der Waals surface area contributed by atoms with E-state index in [1.807, 2.05) is 27.7 Å². The van der Waals surface area contributed by atoms with Gasteiger partial charge in [0, 0.05) is 18.1 Å². The van der Waals surface area contributed by atoms with Crippen molar-refractivity contribution in [2.75, 3.05) is 0 Å². The third kappa shape index (κ3) is 3.10. The second-order valence-corrected chi connectivity index (χ2v) is 4.96. The fourth-order valence-electron chi connectivity index (χ4n) is 2.02. The van der Waals surface area contributed by atoms with Crippen molar-refractivity contribution in [2.24, 2.45) is 0 Å². The quantitative estimate of drug-likeness (QED) is 0.818. The summed E-state index contributed by atoms with van der Waals surface area (Å²) in [5.74, 6) is 0. The van der Waals surface area contributed by atoms with Gasteiger partial charge in [0.05, 0.1) is 0 Å². The van der Waals surface area contributed by atoms with Crippen LogP contribution in [-0.2, 0) is 0 Å². The van der Waals surface area contributed by atoms with Crippen LogP contribution in [0.3, 0.4) is 0 Å². The summed E-state index contributed by atoms with van der Waals surface area (Å²) >= 11 is 0. The summed E-state index contributed by atoms with van der Waals surface area (Å²) in [7, 11) is 0. The highest BCUT2D eigenvalue weighted by molar-refractivity contribution is 4.94. The van der Waals surface area contributed by atoms with Crippen molar-refractivity contribution in [3.63, 3.8) is 0 Å². The number of aliphatic hydroxyl groups is 1. The van der Waals surface area contributed by atoms with Crippen LogP contribution in [0.25, 0.3) is 0 Å². The van der Waals surface area contributed by atoms with Gasteiger partial charge >= 0.3 is 6.18 Å². The average molecular weight is 241 g/mol. The highest BCUT2D eigenvalue weighted by atomic mass is 19.4. The van der Waals surface area contributed by atoms with Crippen LogP contribution in [0.2, 0.25) is 0 Å². The molecular weight excluding hydrogens is 219 g/mol. The van der Waals surface area contributed by atoms with Gasteiger partial charge in [-0.2, -0.15) is 13.2 Å². The summed E-state index contributed by atoms with van der Waals surface area (Å²) in [5.41, 5.74) is -2.69. The Labute approximate surface area is 95.4 Å². The Kier molecular flexibility index (Phi) is 4.83. The van der Waals surface area contributed by atoms with Crippen LogP contribution in [0.4, 0.5) is 13.2 Å². The molecule has 16 heavy (non-hydrogen) atoms. The van der Waals surface area contributed by atoms with Crippen molar-refractivity contribution in [1.82, 2.24) is 4.90 Å². The summed E-state index contributed by atoms with van der Waals surface area (Å²) < 4.78 is 38.1. The van der Waals surface area contributed by atoms with Crippen LogP contribution in [-0.4, -0.2) is 39.9 Å². The smallest absolute Gasteiger partial charge is 0.379 e. The molecule has 0 saturated carbocycles. The number of nitrogens with zero attached hydrogens (tertiary/aromatic N) is 1. The number of alkyl halides is 3. The maximum atomic E-state index is 12.7. The summed E-state index contributed by atoms with van der Waals surface area (Å²) in [6.45, 7) is 9.53. The molecular formula is C11H22F3NO. The Morgan fingerprint density at radius 1 is 0.938 bits per heavy atom. The largest absolute Gasteiger partial charge is 0.418 e. The molecule has 0 rings (SSSR count). The molecule has 0 radical (unpaired) electrons. The van der Waals surface area contributed by atoms with Crippen molar-refractivity contribution in [2.45, 2.75) is 71.4 Å². The molecule has 0 fully saturated rings. The molecule has 0 aromatic rings. The molecule has 98 valence electrons. The highest BCUT2D eigenvalue weighted by Gasteiger charge is 2.55. The molecule has 0 amide bonds. The first-order valence-electron chi connectivity index (χ1n) is 5.49. The zero-order valence-electron chi connectivity index (χ0n) is 10.8. The molecule has 2 unspecified atom stereocenters. The third-order valence-corrected chi connectivity index (χ3v) is 3.03. The number of halogens is 3. The van der Waals surface area contributed by atoms with E-state index in [0.29, 0.717) is 0 Å². The molecule has 0 bridgehead atoms. The fourth-order valence-corrected chi connectivity index (χ4v) is 2.02. The Bertz CT molecular complexity index is 216. The monoisotopic (exact) mass is 241 g/mol. The molecule has 0 aliphatic rings. The Morgan fingerprint density at radius 3 is 1.44 bits per heavy atom. The number of hydrogen-bond acceptors (Lipinski definition) is 2. The molecule has 2 atom stereocenters. The maximum absolute atomic E-state index is 12.7. The zero-order valence-corrected chi connectivity index (χ0v) is 10.8. The van der Waals surface area contributed by atoms with Crippen LogP contribution < -0.4 is 0 Å². The lowest BCUT2D eigenvalue weighted by Crippen LogP contribution is -2.60. The van der Waals surface area contributed by atoms with Gasteiger partial charge in [0.2, 0.25) is 0 Å². The third-order valence-electron chi connectivity index (χ3n) is 3.03. The van der Waals surface area contributed by atoms with Gasteiger partial charge in [-0.1, -0.05) is 0 Å². The second kappa shape index (κ2) is 4.92. The molecule has 0 aliphatic heterocycles. The van der Waals surface area contributed by atoms with Gasteiger partial charge in [0.25, 0.3) is 0 Å². The van der Waals surface area contributed by atoms with E-state index in [0.717, 1.165) is 6.92 Å². The fraction of sp³-hybridized carbons (Fsp3) is 1.00. The lowest BCUT2D eigenvalue weighted by Gasteiger charge is -2.44. The van der Waals surface area contributed by atoms with Crippen molar-refractivity contribution in [1.29, 1.82) is 0 Å². The maximum Gasteiger partial charge on any atom is 0.418 e. The summed E-state index contributed by atoms with van der Waals surface area (Å²) in [6.07, 6.45) is -4.62. The van der Waals surface area contributed by atoms with Crippen LogP contribution in [0, 0.1) is 0 Å². The molecule has 1 N–H and O–H groups in total. The van der Waals surface area contributed by atoms with Gasteiger partial charge in [-0.15, -0.1) is 0 Å². The zero-order chi connectivity index (χ0) is 13.3. The molecule has 0 aliphatic carbocycles. The van der Waals surface area contributed by atoms with Crippen molar-refractivity contribution >= 4 is 0 Å². The lowest BCUT2D eigenvalue weighted by molar-refractivity contribution is -0.274. The minimum Gasteiger partial charge on any atom is -0.379 e.